The van der Waals surface area contributed by atoms with Gasteiger partial charge in [-0.3, -0.25) is 10.2 Å². The maximum atomic E-state index is 13.8. The molecule has 1 aromatic rings. The molecular formula is C18H25F3N2O5. The maximum absolute atomic E-state index is 13.8. The molecule has 0 spiro atoms. The average Bonchev–Trinajstić information content (AvgIpc) is 2.58. The Hall–Kier alpha value is -2.33. The molecule has 0 saturated heterocycles. The lowest BCUT2D eigenvalue weighted by Gasteiger charge is -2.34. The molecule has 158 valence electrons. The van der Waals surface area contributed by atoms with E-state index < -0.39 is 49.0 Å². The van der Waals surface area contributed by atoms with Crippen LogP contribution in [0.15, 0.2) is 30.3 Å². The molecule has 3 N–H and O–H groups in total. The number of amides is 2. The molecule has 0 radical (unpaired) electrons. The summed E-state index contributed by atoms with van der Waals surface area (Å²) in [5.74, 6) is -1.62. The Morgan fingerprint density at radius 2 is 1.68 bits per heavy atom. The molecule has 0 aliphatic carbocycles. The third-order valence-electron chi connectivity index (χ3n) is 3.52. The van der Waals surface area contributed by atoms with E-state index in [-0.39, 0.29) is 6.42 Å². The third-order valence-corrected chi connectivity index (χ3v) is 3.52. The minimum absolute atomic E-state index is 0.339. The van der Waals surface area contributed by atoms with Gasteiger partial charge in [-0.25, -0.2) is 10.2 Å². The van der Waals surface area contributed by atoms with Crippen LogP contribution >= 0.6 is 0 Å². The first-order valence-electron chi connectivity index (χ1n) is 8.56. The number of carbonyl (C=O) groups is 2. The summed E-state index contributed by atoms with van der Waals surface area (Å²) >= 11 is 0. The molecule has 0 aliphatic rings. The first kappa shape index (κ1) is 23.7. The van der Waals surface area contributed by atoms with Crippen LogP contribution < -0.4 is 10.9 Å². The van der Waals surface area contributed by atoms with Crippen LogP contribution in [0.2, 0.25) is 0 Å². The van der Waals surface area contributed by atoms with E-state index in [9.17, 15) is 22.8 Å². The van der Waals surface area contributed by atoms with Crippen molar-refractivity contribution in [2.75, 3.05) is 6.61 Å². The average molecular weight is 406 g/mol. The number of ether oxygens (including phenoxy) is 2. The molecule has 0 saturated carbocycles. The molecule has 1 atom stereocenters. The van der Waals surface area contributed by atoms with Gasteiger partial charge in [-0.05, 0) is 39.2 Å². The van der Waals surface area contributed by atoms with Crippen LogP contribution in [0, 0.1) is 0 Å². The topological polar surface area (TPSA) is 96.9 Å². The summed E-state index contributed by atoms with van der Waals surface area (Å²) in [6.07, 6.45) is -7.39. The number of hydrazine groups is 1. The zero-order valence-corrected chi connectivity index (χ0v) is 15.9. The minimum atomic E-state index is -5.10. The van der Waals surface area contributed by atoms with Gasteiger partial charge >= 0.3 is 12.3 Å². The van der Waals surface area contributed by atoms with Gasteiger partial charge in [0.15, 0.2) is 0 Å². The molecule has 0 aliphatic heterocycles. The van der Waals surface area contributed by atoms with Gasteiger partial charge in [-0.2, -0.15) is 13.2 Å². The van der Waals surface area contributed by atoms with E-state index in [4.69, 9.17) is 14.6 Å². The van der Waals surface area contributed by atoms with Crippen molar-refractivity contribution in [3.63, 3.8) is 0 Å². The predicted octanol–water partition coefficient (Wildman–Crippen LogP) is 2.83. The molecule has 0 heterocycles. The van der Waals surface area contributed by atoms with Gasteiger partial charge in [0.25, 0.3) is 5.91 Å². The van der Waals surface area contributed by atoms with Crippen molar-refractivity contribution >= 4 is 12.0 Å². The molecule has 28 heavy (non-hydrogen) atoms. The molecular weight excluding hydrogens is 381 g/mol. The summed E-state index contributed by atoms with van der Waals surface area (Å²) in [5.41, 5.74) is -0.250. The largest absolute Gasteiger partial charge is 0.443 e. The van der Waals surface area contributed by atoms with Crippen molar-refractivity contribution in [3.8, 4) is 0 Å². The lowest BCUT2D eigenvalue weighted by molar-refractivity contribution is -0.274. The zero-order chi connectivity index (χ0) is 21.4. The summed E-state index contributed by atoms with van der Waals surface area (Å²) < 4.78 is 51.4. The summed E-state index contributed by atoms with van der Waals surface area (Å²) in [7, 11) is 0. The number of hydrogen-bond donors (Lipinski definition) is 3. The number of carbonyl (C=O) groups excluding carboxylic acids is 2. The van der Waals surface area contributed by atoms with Gasteiger partial charge in [-0.15, -0.1) is 0 Å². The number of nitrogens with one attached hydrogen (secondary N) is 2. The van der Waals surface area contributed by atoms with E-state index >= 15 is 0 Å². The Morgan fingerprint density at radius 1 is 1.07 bits per heavy atom. The maximum Gasteiger partial charge on any atom is 0.426 e. The number of rotatable bonds is 7. The summed E-state index contributed by atoms with van der Waals surface area (Å²) in [4.78, 5) is 24.0. The van der Waals surface area contributed by atoms with Crippen LogP contribution in [0.25, 0.3) is 0 Å². The van der Waals surface area contributed by atoms with Gasteiger partial charge < -0.3 is 14.6 Å². The third kappa shape index (κ3) is 7.01. The number of alkyl halides is 3. The highest BCUT2D eigenvalue weighted by atomic mass is 19.4. The zero-order valence-electron chi connectivity index (χ0n) is 15.9. The fourth-order valence-corrected chi connectivity index (χ4v) is 2.22. The molecule has 0 aromatic heterocycles. The number of halogens is 3. The highest BCUT2D eigenvalue weighted by Crippen LogP contribution is 2.38. The second-order valence-corrected chi connectivity index (χ2v) is 7.01. The van der Waals surface area contributed by atoms with Crippen LogP contribution in [0.5, 0.6) is 0 Å². The molecule has 2 amide bonds. The molecule has 0 unspecified atom stereocenters. The first-order chi connectivity index (χ1) is 12.9. The van der Waals surface area contributed by atoms with Crippen molar-refractivity contribution in [1.82, 2.24) is 10.9 Å². The number of aliphatic hydroxyl groups excluding tert-OH is 1. The number of aliphatic hydroxyl groups is 1. The van der Waals surface area contributed by atoms with E-state index in [0.717, 1.165) is 0 Å². The molecule has 1 aromatic carbocycles. The molecule has 7 nitrogen and oxygen atoms in total. The molecule has 10 heteroatoms. The van der Waals surface area contributed by atoms with Crippen molar-refractivity contribution in [1.29, 1.82) is 0 Å². The summed E-state index contributed by atoms with van der Waals surface area (Å²) in [5, 5.41) is 8.96. The summed E-state index contributed by atoms with van der Waals surface area (Å²) in [6, 6.07) is 8.01. The Kier molecular flexibility index (Phi) is 8.25. The quantitative estimate of drug-likeness (QED) is 0.605. The van der Waals surface area contributed by atoms with Crippen molar-refractivity contribution in [2.24, 2.45) is 0 Å². The Morgan fingerprint density at radius 3 is 2.18 bits per heavy atom. The van der Waals surface area contributed by atoms with Crippen LogP contribution in [0.1, 0.15) is 39.2 Å². The number of benzene rings is 1. The van der Waals surface area contributed by atoms with E-state index in [1.54, 1.807) is 62.0 Å². The van der Waals surface area contributed by atoms with Crippen molar-refractivity contribution in [2.45, 2.75) is 57.6 Å². The second-order valence-electron chi connectivity index (χ2n) is 7.01. The Balaban J connectivity index is 2.99. The van der Waals surface area contributed by atoms with Crippen LogP contribution in [-0.4, -0.2) is 41.1 Å². The van der Waals surface area contributed by atoms with E-state index in [2.05, 4.69) is 0 Å². The monoisotopic (exact) mass is 406 g/mol. The van der Waals surface area contributed by atoms with E-state index in [0.29, 0.717) is 5.56 Å². The fraction of sp³-hybridized carbons (Fsp3) is 0.556. The van der Waals surface area contributed by atoms with Gasteiger partial charge in [0.1, 0.15) is 5.60 Å². The van der Waals surface area contributed by atoms with Gasteiger partial charge in [-0.1, -0.05) is 30.3 Å². The second kappa shape index (κ2) is 9.74. The van der Waals surface area contributed by atoms with Gasteiger partial charge in [0.2, 0.25) is 5.60 Å². The van der Waals surface area contributed by atoms with Crippen LogP contribution in [0.3, 0.4) is 0 Å². The van der Waals surface area contributed by atoms with Crippen molar-refractivity contribution < 1.29 is 37.3 Å². The van der Waals surface area contributed by atoms with Crippen LogP contribution in [0.4, 0.5) is 18.0 Å². The van der Waals surface area contributed by atoms with Gasteiger partial charge in [0.05, 0.1) is 6.61 Å². The smallest absolute Gasteiger partial charge is 0.426 e. The molecule has 1 rings (SSSR count). The fourth-order valence-electron chi connectivity index (χ4n) is 2.22. The first-order valence-corrected chi connectivity index (χ1v) is 8.56. The lowest BCUT2D eigenvalue weighted by atomic mass is 9.95. The van der Waals surface area contributed by atoms with Crippen LogP contribution in [-0.2, 0) is 20.9 Å². The van der Waals surface area contributed by atoms with E-state index in [1.807, 2.05) is 0 Å². The molecule has 0 bridgehead atoms. The number of hydrogen-bond acceptors (Lipinski definition) is 5. The predicted molar refractivity (Wildman–Crippen MR) is 93.8 cm³/mol. The van der Waals surface area contributed by atoms with Crippen molar-refractivity contribution in [3.05, 3.63) is 35.9 Å². The SMILES string of the molecule is CC(C)(C)OC(=O)NNC(=O)[C@@](CCCO)(OCc1ccccc1)C(F)(F)F. The highest BCUT2D eigenvalue weighted by molar-refractivity contribution is 5.87. The highest BCUT2D eigenvalue weighted by Gasteiger charge is 2.61. The Labute approximate surface area is 161 Å². The standard InChI is InChI=1S/C18H25F3N2O5/c1-16(2,3)28-15(26)23-22-14(25)17(10-7-11-24,18(19,20)21)27-12-13-8-5-4-6-9-13/h4-6,8-9,24H,7,10-12H2,1-3H3,(H,22,25)(H,23,26)/t17-/m1/s1. The normalized spacial score (nSPS) is 14.1. The minimum Gasteiger partial charge on any atom is -0.443 e. The lowest BCUT2D eigenvalue weighted by Crippen LogP contribution is -2.62. The van der Waals surface area contributed by atoms with Gasteiger partial charge in [0, 0.05) is 6.61 Å². The molecule has 0 fully saturated rings. The summed E-state index contributed by atoms with van der Waals surface area (Å²) in [6.45, 7) is 3.60. The Bertz CT molecular complexity index is 647. The van der Waals surface area contributed by atoms with E-state index in [1.165, 1.54) is 0 Å².